The highest BCUT2D eigenvalue weighted by Crippen LogP contribution is 2.28. The van der Waals surface area contributed by atoms with E-state index in [2.05, 4.69) is 0 Å². The molecule has 0 fully saturated rings. The van der Waals surface area contributed by atoms with Gasteiger partial charge in [0.1, 0.15) is 5.75 Å². The van der Waals surface area contributed by atoms with Crippen molar-refractivity contribution >= 4 is 0 Å². The standard InChI is InChI=1S/C9H11F2NO2/c10-9(11)5-1-2-7(13)6(3-5)8(14)4-12/h1-3,8-9,13-14H,4,12H2. The van der Waals surface area contributed by atoms with Gasteiger partial charge in [-0.05, 0) is 18.2 Å². The summed E-state index contributed by atoms with van der Waals surface area (Å²) in [6, 6.07) is 3.28. The highest BCUT2D eigenvalue weighted by Gasteiger charge is 2.14. The summed E-state index contributed by atoms with van der Waals surface area (Å²) in [5.41, 5.74) is 4.94. The molecule has 14 heavy (non-hydrogen) atoms. The molecule has 3 nitrogen and oxygen atoms in total. The normalized spacial score (nSPS) is 13.2. The van der Waals surface area contributed by atoms with Gasteiger partial charge < -0.3 is 15.9 Å². The molecule has 1 aromatic rings. The fraction of sp³-hybridized carbons (Fsp3) is 0.333. The summed E-state index contributed by atoms with van der Waals surface area (Å²) in [6.45, 7) is -0.125. The van der Waals surface area contributed by atoms with E-state index in [4.69, 9.17) is 5.73 Å². The molecule has 0 radical (unpaired) electrons. The Kier molecular flexibility index (Phi) is 3.38. The van der Waals surface area contributed by atoms with Gasteiger partial charge in [0.2, 0.25) is 0 Å². The van der Waals surface area contributed by atoms with Crippen molar-refractivity contribution in [2.75, 3.05) is 6.54 Å². The first-order chi connectivity index (χ1) is 6.56. The number of phenols is 1. The Labute approximate surface area is 79.8 Å². The molecule has 4 N–H and O–H groups in total. The van der Waals surface area contributed by atoms with E-state index in [9.17, 15) is 19.0 Å². The van der Waals surface area contributed by atoms with Gasteiger partial charge in [0.15, 0.2) is 0 Å². The van der Waals surface area contributed by atoms with Gasteiger partial charge in [0, 0.05) is 17.7 Å². The van der Waals surface area contributed by atoms with E-state index in [0.29, 0.717) is 0 Å². The second-order valence-electron chi connectivity index (χ2n) is 2.87. The van der Waals surface area contributed by atoms with Crippen LogP contribution in [0.15, 0.2) is 18.2 Å². The van der Waals surface area contributed by atoms with Crippen molar-refractivity contribution in [1.82, 2.24) is 0 Å². The lowest BCUT2D eigenvalue weighted by Crippen LogP contribution is -2.12. The van der Waals surface area contributed by atoms with E-state index in [1.165, 1.54) is 0 Å². The van der Waals surface area contributed by atoms with E-state index >= 15 is 0 Å². The number of aromatic hydroxyl groups is 1. The zero-order valence-electron chi connectivity index (χ0n) is 7.32. The van der Waals surface area contributed by atoms with Gasteiger partial charge in [-0.15, -0.1) is 0 Å². The lowest BCUT2D eigenvalue weighted by atomic mass is 10.0. The first kappa shape index (κ1) is 10.9. The molecule has 0 aromatic heterocycles. The maximum atomic E-state index is 12.3. The predicted octanol–water partition coefficient (Wildman–Crippen LogP) is 1.32. The molecular formula is C9H11F2NO2. The van der Waals surface area contributed by atoms with Gasteiger partial charge in [0.05, 0.1) is 6.10 Å². The molecule has 1 unspecified atom stereocenters. The van der Waals surface area contributed by atoms with Crippen molar-refractivity contribution in [3.63, 3.8) is 0 Å². The number of aliphatic hydroxyl groups is 1. The Morgan fingerprint density at radius 2 is 2.00 bits per heavy atom. The number of halogens is 2. The zero-order valence-corrected chi connectivity index (χ0v) is 7.32. The third-order valence-corrected chi connectivity index (χ3v) is 1.89. The highest BCUT2D eigenvalue weighted by atomic mass is 19.3. The van der Waals surface area contributed by atoms with Crippen molar-refractivity contribution in [2.24, 2.45) is 5.73 Å². The predicted molar refractivity (Wildman–Crippen MR) is 47.1 cm³/mol. The van der Waals surface area contributed by atoms with Crippen LogP contribution >= 0.6 is 0 Å². The minimum Gasteiger partial charge on any atom is -0.508 e. The second-order valence-corrected chi connectivity index (χ2v) is 2.87. The van der Waals surface area contributed by atoms with Crippen LogP contribution in [-0.2, 0) is 0 Å². The van der Waals surface area contributed by atoms with Crippen molar-refractivity contribution < 1.29 is 19.0 Å². The first-order valence-electron chi connectivity index (χ1n) is 4.05. The van der Waals surface area contributed by atoms with Crippen LogP contribution in [-0.4, -0.2) is 16.8 Å². The summed E-state index contributed by atoms with van der Waals surface area (Å²) < 4.78 is 24.5. The Morgan fingerprint density at radius 3 is 2.50 bits per heavy atom. The monoisotopic (exact) mass is 203 g/mol. The van der Waals surface area contributed by atoms with E-state index in [-0.39, 0.29) is 23.4 Å². The number of benzene rings is 1. The maximum absolute atomic E-state index is 12.3. The average Bonchev–Trinajstić information content (AvgIpc) is 2.17. The Bertz CT molecular complexity index is 318. The molecule has 0 amide bonds. The molecule has 0 spiro atoms. The fourth-order valence-electron chi connectivity index (χ4n) is 1.10. The molecule has 0 aliphatic carbocycles. The number of phenolic OH excluding ortho intramolecular Hbond substituents is 1. The average molecular weight is 203 g/mol. The number of alkyl halides is 2. The van der Waals surface area contributed by atoms with Gasteiger partial charge in [-0.25, -0.2) is 8.78 Å². The number of rotatable bonds is 3. The third-order valence-electron chi connectivity index (χ3n) is 1.89. The minimum atomic E-state index is -2.63. The Hall–Kier alpha value is -1.20. The largest absolute Gasteiger partial charge is 0.508 e. The molecular weight excluding hydrogens is 192 g/mol. The summed E-state index contributed by atoms with van der Waals surface area (Å²) in [5, 5.41) is 18.5. The number of hydrogen-bond acceptors (Lipinski definition) is 3. The summed E-state index contributed by atoms with van der Waals surface area (Å²) in [6.07, 6.45) is -3.74. The lowest BCUT2D eigenvalue weighted by Gasteiger charge is -2.11. The van der Waals surface area contributed by atoms with Crippen LogP contribution in [0.3, 0.4) is 0 Å². The first-order valence-corrected chi connectivity index (χ1v) is 4.05. The van der Waals surface area contributed by atoms with Crippen LogP contribution in [0.25, 0.3) is 0 Å². The molecule has 0 bridgehead atoms. The highest BCUT2D eigenvalue weighted by molar-refractivity contribution is 5.38. The van der Waals surface area contributed by atoms with Gasteiger partial charge in [-0.2, -0.15) is 0 Å². The summed E-state index contributed by atoms with van der Waals surface area (Å²) in [7, 11) is 0. The van der Waals surface area contributed by atoms with E-state index in [1.807, 2.05) is 0 Å². The van der Waals surface area contributed by atoms with Gasteiger partial charge >= 0.3 is 0 Å². The van der Waals surface area contributed by atoms with Crippen LogP contribution in [0.1, 0.15) is 23.7 Å². The van der Waals surface area contributed by atoms with Crippen molar-refractivity contribution in [3.05, 3.63) is 29.3 Å². The molecule has 0 heterocycles. The maximum Gasteiger partial charge on any atom is 0.263 e. The molecule has 0 saturated carbocycles. The van der Waals surface area contributed by atoms with Gasteiger partial charge in [0.25, 0.3) is 6.43 Å². The van der Waals surface area contributed by atoms with Gasteiger partial charge in [-0.3, -0.25) is 0 Å². The van der Waals surface area contributed by atoms with Crippen LogP contribution in [0.2, 0.25) is 0 Å². The molecule has 78 valence electrons. The number of hydrogen-bond donors (Lipinski definition) is 3. The minimum absolute atomic E-state index is 0.0327. The molecule has 1 atom stereocenters. The number of nitrogens with two attached hydrogens (primary N) is 1. The topological polar surface area (TPSA) is 66.5 Å². The SMILES string of the molecule is NCC(O)c1cc(C(F)F)ccc1O. The van der Waals surface area contributed by atoms with E-state index in [0.717, 1.165) is 18.2 Å². The zero-order chi connectivity index (χ0) is 10.7. The fourth-order valence-corrected chi connectivity index (χ4v) is 1.10. The summed E-state index contributed by atoms with van der Waals surface area (Å²) >= 11 is 0. The molecule has 0 saturated heterocycles. The van der Waals surface area contributed by atoms with Crippen LogP contribution in [0.4, 0.5) is 8.78 Å². The summed E-state index contributed by atoms with van der Waals surface area (Å²) in [5.74, 6) is -0.229. The van der Waals surface area contributed by atoms with Crippen molar-refractivity contribution in [2.45, 2.75) is 12.5 Å². The van der Waals surface area contributed by atoms with Crippen LogP contribution in [0.5, 0.6) is 5.75 Å². The quantitative estimate of drug-likeness (QED) is 0.694. The lowest BCUT2D eigenvalue weighted by molar-refractivity contribution is 0.149. The molecule has 0 aliphatic rings. The van der Waals surface area contributed by atoms with Crippen molar-refractivity contribution in [1.29, 1.82) is 0 Å². The Balaban J connectivity index is 3.08. The smallest absolute Gasteiger partial charge is 0.263 e. The molecule has 0 aliphatic heterocycles. The molecule has 5 heteroatoms. The molecule has 1 rings (SSSR count). The van der Waals surface area contributed by atoms with E-state index < -0.39 is 12.5 Å². The second kappa shape index (κ2) is 4.34. The van der Waals surface area contributed by atoms with Crippen LogP contribution in [0, 0.1) is 0 Å². The van der Waals surface area contributed by atoms with E-state index in [1.54, 1.807) is 0 Å². The molecule has 1 aromatic carbocycles. The van der Waals surface area contributed by atoms with Gasteiger partial charge in [-0.1, -0.05) is 0 Å². The third kappa shape index (κ3) is 2.18. The van der Waals surface area contributed by atoms with Crippen LogP contribution < -0.4 is 5.73 Å². The Morgan fingerprint density at radius 1 is 1.36 bits per heavy atom. The number of aliphatic hydroxyl groups excluding tert-OH is 1. The summed E-state index contributed by atoms with van der Waals surface area (Å²) in [4.78, 5) is 0. The van der Waals surface area contributed by atoms with Crippen molar-refractivity contribution in [3.8, 4) is 5.75 Å².